The zero-order chi connectivity index (χ0) is 12.7. The van der Waals surface area contributed by atoms with E-state index in [1.807, 2.05) is 0 Å². The van der Waals surface area contributed by atoms with Crippen LogP contribution < -0.4 is 10.6 Å². The van der Waals surface area contributed by atoms with Gasteiger partial charge < -0.3 is 10.6 Å². The van der Waals surface area contributed by atoms with Crippen molar-refractivity contribution < 1.29 is 8.42 Å². The lowest BCUT2D eigenvalue weighted by Crippen LogP contribution is -2.42. The molecule has 0 atom stereocenters. The number of nitrogens with one attached hydrogen (secondary N) is 2. The van der Waals surface area contributed by atoms with E-state index in [1.165, 1.54) is 4.31 Å². The number of hydrogen-bond acceptors (Lipinski definition) is 3. The normalized spacial score (nSPS) is 19.9. The minimum absolute atomic E-state index is 0.261. The van der Waals surface area contributed by atoms with Crippen LogP contribution in [0.3, 0.4) is 0 Å². The molecule has 0 aromatic carbocycles. The van der Waals surface area contributed by atoms with Gasteiger partial charge in [0.1, 0.15) is 0 Å². The van der Waals surface area contributed by atoms with E-state index in [4.69, 9.17) is 6.42 Å². The van der Waals surface area contributed by atoms with Gasteiger partial charge in [0.15, 0.2) is 5.96 Å². The predicted octanol–water partition coefficient (Wildman–Crippen LogP) is -1.18. The zero-order valence-electron chi connectivity index (χ0n) is 9.94. The molecule has 17 heavy (non-hydrogen) atoms. The van der Waals surface area contributed by atoms with Crippen molar-refractivity contribution in [3.8, 4) is 12.3 Å². The Labute approximate surface area is 103 Å². The maximum absolute atomic E-state index is 11.5. The van der Waals surface area contributed by atoms with Crippen LogP contribution in [0.1, 0.15) is 6.42 Å². The molecule has 0 unspecified atom stereocenters. The van der Waals surface area contributed by atoms with Gasteiger partial charge in [0.2, 0.25) is 10.0 Å². The number of guanidine groups is 1. The summed E-state index contributed by atoms with van der Waals surface area (Å²) in [5.74, 6) is 3.28. The molecule has 6 nitrogen and oxygen atoms in total. The minimum Gasteiger partial charge on any atom is -0.355 e. The quantitative estimate of drug-likeness (QED) is 0.378. The molecular weight excluding hydrogens is 240 g/mol. The number of rotatable bonds is 4. The first-order valence-electron chi connectivity index (χ1n) is 5.46. The Balaban J connectivity index is 2.30. The summed E-state index contributed by atoms with van der Waals surface area (Å²) in [7, 11) is -1.37. The summed E-state index contributed by atoms with van der Waals surface area (Å²) < 4.78 is 24.5. The van der Waals surface area contributed by atoms with Crippen LogP contribution in [0.5, 0.6) is 0 Å². The molecule has 0 bridgehead atoms. The highest BCUT2D eigenvalue weighted by molar-refractivity contribution is 7.89. The van der Waals surface area contributed by atoms with Crippen molar-refractivity contribution >= 4 is 16.0 Å². The van der Waals surface area contributed by atoms with Gasteiger partial charge in [-0.1, -0.05) is 5.92 Å². The molecule has 0 radical (unpaired) electrons. The SMILES string of the molecule is C#CCNC(=NC)NCCN1CCCS1(=O)=O. The Morgan fingerprint density at radius 2 is 2.29 bits per heavy atom. The van der Waals surface area contributed by atoms with Crippen molar-refractivity contribution in [3.63, 3.8) is 0 Å². The standard InChI is InChI=1S/C10H18N4O2S/c1-3-5-12-10(11-2)13-6-8-14-7-4-9-17(14,15)16/h1H,4-9H2,2H3,(H2,11,12,13). The maximum atomic E-state index is 11.5. The molecule has 1 aliphatic heterocycles. The van der Waals surface area contributed by atoms with Gasteiger partial charge in [-0.05, 0) is 6.42 Å². The van der Waals surface area contributed by atoms with E-state index < -0.39 is 10.0 Å². The number of nitrogens with zero attached hydrogens (tertiary/aromatic N) is 2. The first kappa shape index (κ1) is 13.8. The van der Waals surface area contributed by atoms with Crippen LogP contribution in [-0.2, 0) is 10.0 Å². The van der Waals surface area contributed by atoms with E-state index in [0.29, 0.717) is 38.6 Å². The number of hydrogen-bond donors (Lipinski definition) is 2. The van der Waals surface area contributed by atoms with Crippen molar-refractivity contribution in [1.82, 2.24) is 14.9 Å². The van der Waals surface area contributed by atoms with Gasteiger partial charge in [0, 0.05) is 26.7 Å². The number of aliphatic imine (C=N–C) groups is 1. The summed E-state index contributed by atoms with van der Waals surface area (Å²) in [5, 5.41) is 5.91. The van der Waals surface area contributed by atoms with Crippen molar-refractivity contribution in [2.24, 2.45) is 4.99 Å². The van der Waals surface area contributed by atoms with Crippen LogP contribution in [0.25, 0.3) is 0 Å². The van der Waals surface area contributed by atoms with Crippen LogP contribution in [0.4, 0.5) is 0 Å². The van der Waals surface area contributed by atoms with Gasteiger partial charge in [-0.25, -0.2) is 12.7 Å². The summed E-state index contributed by atoms with van der Waals surface area (Å²) >= 11 is 0. The van der Waals surface area contributed by atoms with Crippen LogP contribution >= 0.6 is 0 Å². The summed E-state index contributed by atoms with van der Waals surface area (Å²) in [6, 6.07) is 0. The smallest absolute Gasteiger partial charge is 0.214 e. The molecule has 1 fully saturated rings. The Morgan fingerprint density at radius 3 is 2.82 bits per heavy atom. The van der Waals surface area contributed by atoms with Crippen LogP contribution in [0.15, 0.2) is 4.99 Å². The van der Waals surface area contributed by atoms with Gasteiger partial charge in [0.25, 0.3) is 0 Å². The molecule has 0 amide bonds. The third-order valence-electron chi connectivity index (χ3n) is 2.44. The molecular formula is C10H18N4O2S. The second-order valence-electron chi connectivity index (χ2n) is 3.63. The molecule has 1 heterocycles. The molecule has 7 heteroatoms. The molecule has 0 aliphatic carbocycles. The van der Waals surface area contributed by atoms with E-state index in [2.05, 4.69) is 21.5 Å². The minimum atomic E-state index is -3.01. The number of sulfonamides is 1. The van der Waals surface area contributed by atoms with E-state index >= 15 is 0 Å². The average molecular weight is 258 g/mol. The largest absolute Gasteiger partial charge is 0.355 e. The Hall–Kier alpha value is -1.26. The molecule has 0 aromatic rings. The van der Waals surface area contributed by atoms with Crippen molar-refractivity contribution in [3.05, 3.63) is 0 Å². The van der Waals surface area contributed by atoms with Gasteiger partial charge >= 0.3 is 0 Å². The topological polar surface area (TPSA) is 73.8 Å². The van der Waals surface area contributed by atoms with Gasteiger partial charge in [-0.3, -0.25) is 4.99 Å². The van der Waals surface area contributed by atoms with E-state index in [-0.39, 0.29) is 5.75 Å². The van der Waals surface area contributed by atoms with E-state index in [0.717, 1.165) is 0 Å². The van der Waals surface area contributed by atoms with Gasteiger partial charge in [-0.15, -0.1) is 6.42 Å². The number of terminal acetylenes is 1. The van der Waals surface area contributed by atoms with Crippen LogP contribution in [-0.4, -0.2) is 57.7 Å². The van der Waals surface area contributed by atoms with Gasteiger partial charge in [0.05, 0.1) is 12.3 Å². The lowest BCUT2D eigenvalue weighted by Gasteiger charge is -2.15. The fourth-order valence-electron chi connectivity index (χ4n) is 1.60. The Kier molecular flexibility index (Phi) is 5.25. The second-order valence-corrected chi connectivity index (χ2v) is 5.71. The van der Waals surface area contributed by atoms with Gasteiger partial charge in [-0.2, -0.15) is 0 Å². The third kappa shape index (κ3) is 4.24. The van der Waals surface area contributed by atoms with E-state index in [1.54, 1.807) is 7.05 Å². The van der Waals surface area contributed by atoms with Crippen LogP contribution in [0.2, 0.25) is 0 Å². The van der Waals surface area contributed by atoms with Crippen molar-refractivity contribution in [2.75, 3.05) is 39.0 Å². The summed E-state index contributed by atoms with van der Waals surface area (Å²) in [5.41, 5.74) is 0. The Bertz CT molecular complexity index is 411. The van der Waals surface area contributed by atoms with E-state index in [9.17, 15) is 8.42 Å². The third-order valence-corrected chi connectivity index (χ3v) is 4.39. The van der Waals surface area contributed by atoms with Crippen molar-refractivity contribution in [1.29, 1.82) is 0 Å². The molecule has 1 saturated heterocycles. The predicted molar refractivity (Wildman–Crippen MR) is 68.2 cm³/mol. The Morgan fingerprint density at radius 1 is 1.53 bits per heavy atom. The molecule has 0 spiro atoms. The average Bonchev–Trinajstić information content (AvgIpc) is 2.63. The fraction of sp³-hybridized carbons (Fsp3) is 0.700. The van der Waals surface area contributed by atoms with Crippen molar-refractivity contribution in [2.45, 2.75) is 6.42 Å². The van der Waals surface area contributed by atoms with Crippen LogP contribution in [0, 0.1) is 12.3 Å². The highest BCUT2D eigenvalue weighted by Crippen LogP contribution is 2.11. The molecule has 1 aliphatic rings. The summed E-state index contributed by atoms with van der Waals surface area (Å²) in [4.78, 5) is 3.96. The molecule has 96 valence electrons. The second kappa shape index (κ2) is 6.47. The highest BCUT2D eigenvalue weighted by Gasteiger charge is 2.27. The first-order chi connectivity index (χ1) is 8.10. The first-order valence-corrected chi connectivity index (χ1v) is 7.07. The molecule has 1 rings (SSSR count). The molecule has 2 N–H and O–H groups in total. The highest BCUT2D eigenvalue weighted by atomic mass is 32.2. The molecule has 0 aromatic heterocycles. The summed E-state index contributed by atoms with van der Waals surface area (Å²) in [6.07, 6.45) is 5.83. The fourth-order valence-corrected chi connectivity index (χ4v) is 3.13. The zero-order valence-corrected chi connectivity index (χ0v) is 10.8. The lowest BCUT2D eigenvalue weighted by atomic mass is 10.5. The monoisotopic (exact) mass is 258 g/mol. The molecule has 0 saturated carbocycles. The summed E-state index contributed by atoms with van der Waals surface area (Å²) in [6.45, 7) is 1.98. The lowest BCUT2D eigenvalue weighted by molar-refractivity contribution is 0.445. The maximum Gasteiger partial charge on any atom is 0.214 e.